The van der Waals surface area contributed by atoms with Gasteiger partial charge in [-0.15, -0.1) is 0 Å². The Morgan fingerprint density at radius 3 is 2.61 bits per heavy atom. The molecule has 1 fully saturated rings. The molecule has 0 aliphatic heterocycles. The lowest BCUT2D eigenvalue weighted by atomic mass is 9.59. The van der Waals surface area contributed by atoms with Gasteiger partial charge in [0.15, 0.2) is 0 Å². The number of rotatable bonds is 1. The summed E-state index contributed by atoms with van der Waals surface area (Å²) in [6.07, 6.45) is 3.57. The summed E-state index contributed by atoms with van der Waals surface area (Å²) < 4.78 is 1.05. The van der Waals surface area contributed by atoms with E-state index in [0.29, 0.717) is 5.78 Å². The minimum atomic E-state index is -0.261. The summed E-state index contributed by atoms with van der Waals surface area (Å²) in [6.45, 7) is 8.38. The van der Waals surface area contributed by atoms with Crippen molar-refractivity contribution in [2.75, 3.05) is 0 Å². The molecule has 2 nitrogen and oxygen atoms in total. The lowest BCUT2D eigenvalue weighted by Gasteiger charge is -2.44. The highest BCUT2D eigenvalue weighted by molar-refractivity contribution is 9.10. The normalized spacial score (nSPS) is 31.4. The number of hydrogen-bond acceptors (Lipinski definition) is 2. The molecule has 0 saturated heterocycles. The van der Waals surface area contributed by atoms with E-state index in [4.69, 9.17) is 0 Å². The molecule has 1 aromatic rings. The minimum absolute atomic E-state index is 0.0308. The smallest absolute Gasteiger partial charge is 0.141 e. The van der Waals surface area contributed by atoms with Crippen molar-refractivity contribution in [3.63, 3.8) is 0 Å². The van der Waals surface area contributed by atoms with Crippen molar-refractivity contribution in [2.24, 2.45) is 11.3 Å². The lowest BCUT2D eigenvalue weighted by molar-refractivity contribution is -0.136. The molecule has 0 amide bonds. The van der Waals surface area contributed by atoms with Crippen LogP contribution in [0.25, 0.3) is 0 Å². The molecule has 0 bridgehead atoms. The molecule has 0 radical (unpaired) electrons. The Morgan fingerprint density at radius 1 is 1.39 bits per heavy atom. The molecular formula is C15H20BrNO. The van der Waals surface area contributed by atoms with Crippen LogP contribution in [0.2, 0.25) is 0 Å². The predicted octanol–water partition coefficient (Wildman–Crippen LogP) is 4.13. The third-order valence-electron chi connectivity index (χ3n) is 4.03. The predicted molar refractivity (Wildman–Crippen MR) is 76.5 cm³/mol. The maximum Gasteiger partial charge on any atom is 0.141 e. The van der Waals surface area contributed by atoms with Gasteiger partial charge in [-0.2, -0.15) is 0 Å². The van der Waals surface area contributed by atoms with Crippen molar-refractivity contribution in [3.05, 3.63) is 28.5 Å². The van der Waals surface area contributed by atoms with Crippen LogP contribution in [-0.2, 0) is 10.2 Å². The number of carbonyl (C=O) groups is 1. The number of Topliss-reactive ketones (excluding diaryl/α,β-unsaturated/α-hetero) is 1. The summed E-state index contributed by atoms with van der Waals surface area (Å²) >= 11 is 3.59. The monoisotopic (exact) mass is 309 g/mol. The summed E-state index contributed by atoms with van der Waals surface area (Å²) in [5.74, 6) is 0.486. The van der Waals surface area contributed by atoms with Crippen LogP contribution in [0.4, 0.5) is 0 Å². The second-order valence-corrected chi connectivity index (χ2v) is 7.28. The van der Waals surface area contributed by atoms with Crippen LogP contribution in [0.1, 0.15) is 46.2 Å². The van der Waals surface area contributed by atoms with E-state index in [-0.39, 0.29) is 16.7 Å². The molecule has 98 valence electrons. The first-order valence-corrected chi connectivity index (χ1v) is 7.21. The second-order valence-electron chi connectivity index (χ2n) is 6.42. The van der Waals surface area contributed by atoms with Crippen LogP contribution >= 0.6 is 15.9 Å². The highest BCUT2D eigenvalue weighted by atomic mass is 79.9. The molecule has 1 aromatic heterocycles. The van der Waals surface area contributed by atoms with Crippen molar-refractivity contribution in [2.45, 2.75) is 46.0 Å². The summed E-state index contributed by atoms with van der Waals surface area (Å²) in [5, 5.41) is 0. The summed E-state index contributed by atoms with van der Waals surface area (Å²) in [6, 6.07) is 3.96. The molecule has 2 rings (SSSR count). The Hall–Kier alpha value is -0.700. The van der Waals surface area contributed by atoms with E-state index in [0.717, 1.165) is 23.0 Å². The van der Waals surface area contributed by atoms with Gasteiger partial charge in [0, 0.05) is 27.4 Å². The Morgan fingerprint density at radius 2 is 2.06 bits per heavy atom. The number of aromatic nitrogens is 1. The van der Waals surface area contributed by atoms with Gasteiger partial charge in [0.25, 0.3) is 0 Å². The molecule has 0 N–H and O–H groups in total. The van der Waals surface area contributed by atoms with E-state index in [1.165, 1.54) is 0 Å². The van der Waals surface area contributed by atoms with Gasteiger partial charge in [0.05, 0.1) is 5.69 Å². The quantitative estimate of drug-likeness (QED) is 0.781. The molecule has 1 heterocycles. The van der Waals surface area contributed by atoms with E-state index >= 15 is 0 Å². The van der Waals surface area contributed by atoms with E-state index in [9.17, 15) is 4.79 Å². The number of carbonyl (C=O) groups excluding carboxylic acids is 1. The van der Waals surface area contributed by atoms with Crippen LogP contribution in [0.15, 0.2) is 22.8 Å². The minimum Gasteiger partial charge on any atom is -0.299 e. The maximum atomic E-state index is 12.2. The zero-order valence-corrected chi connectivity index (χ0v) is 13.0. The van der Waals surface area contributed by atoms with Gasteiger partial charge in [0.1, 0.15) is 5.78 Å². The molecule has 1 aliphatic rings. The first-order chi connectivity index (χ1) is 8.26. The third-order valence-corrected chi connectivity index (χ3v) is 4.67. The third kappa shape index (κ3) is 2.25. The van der Waals surface area contributed by atoms with Crippen LogP contribution in [0.5, 0.6) is 0 Å². The van der Waals surface area contributed by atoms with Gasteiger partial charge >= 0.3 is 0 Å². The van der Waals surface area contributed by atoms with Crippen LogP contribution < -0.4 is 0 Å². The topological polar surface area (TPSA) is 30.0 Å². The first kappa shape index (κ1) is 13.7. The van der Waals surface area contributed by atoms with Crippen LogP contribution in [0, 0.1) is 11.3 Å². The van der Waals surface area contributed by atoms with Gasteiger partial charge in [-0.05, 0) is 40.9 Å². The van der Waals surface area contributed by atoms with Gasteiger partial charge in [0.2, 0.25) is 0 Å². The van der Waals surface area contributed by atoms with E-state index in [2.05, 4.69) is 41.7 Å². The van der Waals surface area contributed by atoms with Crippen molar-refractivity contribution in [1.82, 2.24) is 4.98 Å². The fraction of sp³-hybridized carbons (Fsp3) is 0.600. The molecule has 3 heteroatoms. The van der Waals surface area contributed by atoms with Gasteiger partial charge in [-0.3, -0.25) is 9.78 Å². The Bertz CT molecular complexity index is 483. The zero-order chi connectivity index (χ0) is 13.6. The summed E-state index contributed by atoms with van der Waals surface area (Å²) in [4.78, 5) is 16.8. The van der Waals surface area contributed by atoms with Crippen LogP contribution in [-0.4, -0.2) is 10.8 Å². The van der Waals surface area contributed by atoms with Crippen molar-refractivity contribution in [3.8, 4) is 0 Å². The molecule has 2 unspecified atom stereocenters. The number of halogens is 1. The molecule has 0 aromatic carbocycles. The molecule has 1 aliphatic carbocycles. The first-order valence-electron chi connectivity index (χ1n) is 6.42. The summed E-state index contributed by atoms with van der Waals surface area (Å²) in [7, 11) is 0. The average molecular weight is 310 g/mol. The van der Waals surface area contributed by atoms with Crippen LogP contribution in [0.3, 0.4) is 0 Å². The second kappa shape index (κ2) is 4.44. The highest BCUT2D eigenvalue weighted by Crippen LogP contribution is 2.48. The fourth-order valence-electron chi connectivity index (χ4n) is 3.58. The number of pyridine rings is 1. The van der Waals surface area contributed by atoms with E-state index in [1.807, 2.05) is 25.3 Å². The maximum absolute atomic E-state index is 12.2. The van der Waals surface area contributed by atoms with Gasteiger partial charge < -0.3 is 0 Å². The van der Waals surface area contributed by atoms with E-state index < -0.39 is 0 Å². The SMILES string of the molecule is CC1CC(C)(c2ncccc2Br)CC(C)(C)C1=O. The number of nitrogens with zero attached hydrogens (tertiary/aromatic N) is 1. The molecule has 0 spiro atoms. The Labute approximate surface area is 117 Å². The standard InChI is InChI=1S/C15H20BrNO/c1-10-8-15(4,9-14(2,3)13(10)18)12-11(16)6-5-7-17-12/h5-7,10H,8-9H2,1-4H3. The highest BCUT2D eigenvalue weighted by Gasteiger charge is 2.47. The van der Waals surface area contributed by atoms with Crippen molar-refractivity contribution in [1.29, 1.82) is 0 Å². The fourth-order valence-corrected chi connectivity index (χ4v) is 4.31. The largest absolute Gasteiger partial charge is 0.299 e. The van der Waals surface area contributed by atoms with Gasteiger partial charge in [-0.25, -0.2) is 0 Å². The Kier molecular flexibility index (Phi) is 3.39. The van der Waals surface area contributed by atoms with Crippen molar-refractivity contribution >= 4 is 21.7 Å². The molecular weight excluding hydrogens is 290 g/mol. The average Bonchev–Trinajstić information content (AvgIpc) is 2.25. The molecule has 18 heavy (non-hydrogen) atoms. The van der Waals surface area contributed by atoms with Gasteiger partial charge in [-0.1, -0.05) is 27.7 Å². The van der Waals surface area contributed by atoms with Crippen molar-refractivity contribution < 1.29 is 4.79 Å². The zero-order valence-electron chi connectivity index (χ0n) is 11.5. The molecule has 1 saturated carbocycles. The molecule has 2 atom stereocenters. The Balaban J connectivity index is 2.44. The lowest BCUT2D eigenvalue weighted by Crippen LogP contribution is -2.45. The number of hydrogen-bond donors (Lipinski definition) is 0. The number of ketones is 1. The van der Waals surface area contributed by atoms with E-state index in [1.54, 1.807) is 0 Å². The summed E-state index contributed by atoms with van der Waals surface area (Å²) in [5.41, 5.74) is 0.790.